The van der Waals surface area contributed by atoms with Crippen molar-refractivity contribution in [3.63, 3.8) is 0 Å². The topological polar surface area (TPSA) is 6.48 Å². The molecular formula is C14H18N2S. The highest BCUT2D eigenvalue weighted by Gasteiger charge is 2.20. The van der Waals surface area contributed by atoms with E-state index in [0.717, 1.165) is 5.88 Å². The van der Waals surface area contributed by atoms with Crippen LogP contribution in [0.2, 0.25) is 0 Å². The van der Waals surface area contributed by atoms with Gasteiger partial charge in [0.15, 0.2) is 0 Å². The van der Waals surface area contributed by atoms with E-state index in [1.165, 1.54) is 42.9 Å². The molecule has 0 aliphatic carbocycles. The van der Waals surface area contributed by atoms with Crippen molar-refractivity contribution in [2.45, 2.75) is 12.8 Å². The van der Waals surface area contributed by atoms with Gasteiger partial charge in [0, 0.05) is 31.4 Å². The van der Waals surface area contributed by atoms with Crippen LogP contribution in [0.15, 0.2) is 29.7 Å². The maximum Gasteiger partial charge on any atom is 0.0677 e. The number of benzene rings is 1. The van der Waals surface area contributed by atoms with Gasteiger partial charge in [0.1, 0.15) is 0 Å². The third kappa shape index (κ3) is 2.04. The van der Waals surface area contributed by atoms with Gasteiger partial charge in [0.25, 0.3) is 0 Å². The summed E-state index contributed by atoms with van der Waals surface area (Å²) in [7, 11) is 2.17. The van der Waals surface area contributed by atoms with Crippen LogP contribution < -0.4 is 4.90 Å². The summed E-state index contributed by atoms with van der Waals surface area (Å²) in [5.74, 6) is 1.07. The Morgan fingerprint density at radius 3 is 2.59 bits per heavy atom. The van der Waals surface area contributed by atoms with Gasteiger partial charge < -0.3 is 9.80 Å². The van der Waals surface area contributed by atoms with E-state index < -0.39 is 0 Å². The van der Waals surface area contributed by atoms with Gasteiger partial charge in [0.05, 0.1) is 11.6 Å². The Balaban J connectivity index is 1.98. The summed E-state index contributed by atoms with van der Waals surface area (Å²) in [5, 5.41) is 2.29. The minimum absolute atomic E-state index is 1.07. The predicted molar refractivity (Wildman–Crippen MR) is 76.1 cm³/mol. The Kier molecular flexibility index (Phi) is 3.02. The van der Waals surface area contributed by atoms with Crippen LogP contribution in [0.4, 0.5) is 5.69 Å². The zero-order chi connectivity index (χ0) is 11.7. The molecule has 90 valence electrons. The maximum atomic E-state index is 2.52. The van der Waals surface area contributed by atoms with E-state index in [1.54, 1.807) is 0 Å². The fourth-order valence-electron chi connectivity index (χ4n) is 2.58. The fourth-order valence-corrected chi connectivity index (χ4v) is 3.48. The molecule has 0 atom stereocenters. The van der Waals surface area contributed by atoms with E-state index in [9.17, 15) is 0 Å². The molecule has 0 amide bonds. The summed E-state index contributed by atoms with van der Waals surface area (Å²) >= 11 is 1.88. The van der Waals surface area contributed by atoms with Gasteiger partial charge in [-0.1, -0.05) is 18.2 Å². The average Bonchev–Trinajstić information content (AvgIpc) is 3.00. The zero-order valence-corrected chi connectivity index (χ0v) is 11.0. The molecule has 3 heteroatoms. The van der Waals surface area contributed by atoms with E-state index >= 15 is 0 Å². The second-order valence-electron chi connectivity index (χ2n) is 4.71. The molecule has 0 saturated carbocycles. The number of hydrogen-bond donors (Lipinski definition) is 0. The number of para-hydroxylation sites is 1. The van der Waals surface area contributed by atoms with E-state index in [4.69, 9.17) is 0 Å². The number of thioether (sulfide) groups is 1. The van der Waals surface area contributed by atoms with Crippen LogP contribution in [0.25, 0.3) is 5.70 Å². The standard InChI is InChI=1S/C14H18N2S/c1-15-11-17-10-14(15)12-6-2-3-7-13(12)16-8-4-5-9-16/h2-3,6-7,10H,4-5,8-9,11H2,1H3. The van der Waals surface area contributed by atoms with Crippen molar-refractivity contribution in [2.75, 3.05) is 30.9 Å². The van der Waals surface area contributed by atoms with Crippen LogP contribution in [0.5, 0.6) is 0 Å². The summed E-state index contributed by atoms with van der Waals surface area (Å²) < 4.78 is 0. The van der Waals surface area contributed by atoms with Gasteiger partial charge in [-0.15, -0.1) is 11.8 Å². The van der Waals surface area contributed by atoms with Crippen LogP contribution >= 0.6 is 11.8 Å². The molecule has 1 fully saturated rings. The summed E-state index contributed by atoms with van der Waals surface area (Å²) in [6.07, 6.45) is 2.66. The monoisotopic (exact) mass is 246 g/mol. The van der Waals surface area contributed by atoms with Gasteiger partial charge in [0.2, 0.25) is 0 Å². The van der Waals surface area contributed by atoms with Crippen molar-refractivity contribution in [2.24, 2.45) is 0 Å². The van der Waals surface area contributed by atoms with E-state index in [2.05, 4.69) is 46.5 Å². The highest BCUT2D eigenvalue weighted by Crippen LogP contribution is 2.35. The Hall–Kier alpha value is -1.09. The number of rotatable bonds is 2. The lowest BCUT2D eigenvalue weighted by Gasteiger charge is -2.24. The first kappa shape index (κ1) is 11.0. The van der Waals surface area contributed by atoms with Crippen LogP contribution in [-0.2, 0) is 0 Å². The first-order chi connectivity index (χ1) is 8.36. The largest absolute Gasteiger partial charge is 0.371 e. The van der Waals surface area contributed by atoms with Crippen LogP contribution in [0, 0.1) is 0 Å². The third-order valence-corrected chi connectivity index (χ3v) is 4.43. The highest BCUT2D eigenvalue weighted by atomic mass is 32.2. The number of hydrogen-bond acceptors (Lipinski definition) is 3. The van der Waals surface area contributed by atoms with Crippen molar-refractivity contribution in [1.82, 2.24) is 4.90 Å². The third-order valence-electron chi connectivity index (χ3n) is 3.50. The molecule has 0 aromatic heterocycles. The molecule has 2 aliphatic rings. The summed E-state index contributed by atoms with van der Waals surface area (Å²) in [6, 6.07) is 8.81. The number of anilines is 1. The Bertz CT molecular complexity index is 436. The normalized spacial score (nSPS) is 19.9. The minimum atomic E-state index is 1.07. The van der Waals surface area contributed by atoms with E-state index in [0.29, 0.717) is 0 Å². The van der Waals surface area contributed by atoms with Crippen LogP contribution in [0.3, 0.4) is 0 Å². The maximum absolute atomic E-state index is 2.52. The minimum Gasteiger partial charge on any atom is -0.371 e. The molecule has 17 heavy (non-hydrogen) atoms. The Morgan fingerprint density at radius 2 is 1.88 bits per heavy atom. The summed E-state index contributed by atoms with van der Waals surface area (Å²) in [5.41, 5.74) is 4.17. The number of nitrogens with zero attached hydrogens (tertiary/aromatic N) is 2. The predicted octanol–water partition coefficient (Wildman–Crippen LogP) is 3.22. The molecule has 2 heterocycles. The highest BCUT2D eigenvalue weighted by molar-refractivity contribution is 8.02. The molecule has 3 rings (SSSR count). The van der Waals surface area contributed by atoms with E-state index in [1.807, 2.05) is 11.8 Å². The fraction of sp³-hybridized carbons (Fsp3) is 0.429. The van der Waals surface area contributed by atoms with E-state index in [-0.39, 0.29) is 0 Å². The lowest BCUT2D eigenvalue weighted by atomic mass is 10.1. The molecule has 0 N–H and O–H groups in total. The molecule has 1 aromatic rings. The molecule has 0 spiro atoms. The van der Waals surface area contributed by atoms with Crippen molar-refractivity contribution in [3.8, 4) is 0 Å². The molecule has 0 unspecified atom stereocenters. The van der Waals surface area contributed by atoms with Gasteiger partial charge in [-0.05, 0) is 24.3 Å². The Labute approximate surface area is 107 Å². The lowest BCUT2D eigenvalue weighted by Crippen LogP contribution is -2.20. The average molecular weight is 246 g/mol. The SMILES string of the molecule is CN1CSC=C1c1ccccc1N1CCCC1. The van der Waals surface area contributed by atoms with Gasteiger partial charge >= 0.3 is 0 Å². The molecule has 0 bridgehead atoms. The van der Waals surface area contributed by atoms with Crippen LogP contribution in [-0.4, -0.2) is 30.9 Å². The lowest BCUT2D eigenvalue weighted by molar-refractivity contribution is 0.578. The second-order valence-corrected chi connectivity index (χ2v) is 5.54. The Morgan fingerprint density at radius 1 is 1.12 bits per heavy atom. The smallest absolute Gasteiger partial charge is 0.0677 e. The molecule has 0 radical (unpaired) electrons. The molecule has 1 aromatic carbocycles. The second kappa shape index (κ2) is 4.65. The zero-order valence-electron chi connectivity index (χ0n) is 10.2. The first-order valence-electron chi connectivity index (χ1n) is 6.23. The first-order valence-corrected chi connectivity index (χ1v) is 7.28. The molecular weight excluding hydrogens is 228 g/mol. The van der Waals surface area contributed by atoms with Crippen LogP contribution in [0.1, 0.15) is 18.4 Å². The molecule has 1 saturated heterocycles. The van der Waals surface area contributed by atoms with Gasteiger partial charge in [-0.3, -0.25) is 0 Å². The van der Waals surface area contributed by atoms with Gasteiger partial charge in [-0.2, -0.15) is 0 Å². The van der Waals surface area contributed by atoms with Crippen molar-refractivity contribution in [3.05, 3.63) is 35.2 Å². The quantitative estimate of drug-likeness (QED) is 0.791. The van der Waals surface area contributed by atoms with Crippen molar-refractivity contribution < 1.29 is 0 Å². The summed E-state index contributed by atoms with van der Waals surface area (Å²) in [4.78, 5) is 4.85. The van der Waals surface area contributed by atoms with Crippen molar-refractivity contribution in [1.29, 1.82) is 0 Å². The summed E-state index contributed by atoms with van der Waals surface area (Å²) in [6.45, 7) is 2.42. The van der Waals surface area contributed by atoms with Crippen molar-refractivity contribution >= 4 is 23.1 Å². The van der Waals surface area contributed by atoms with Gasteiger partial charge in [-0.25, -0.2) is 0 Å². The molecule has 2 aliphatic heterocycles. The molecule has 2 nitrogen and oxygen atoms in total.